The van der Waals surface area contributed by atoms with Gasteiger partial charge in [0.25, 0.3) is 0 Å². The Morgan fingerprint density at radius 3 is 2.32 bits per heavy atom. The molecule has 7 rings (SSSR count). The number of rotatable bonds is 5. The highest BCUT2D eigenvalue weighted by Gasteiger charge is 2.68. The van der Waals surface area contributed by atoms with E-state index in [2.05, 4.69) is 15.6 Å². The molecule has 1 heterocycles. The van der Waals surface area contributed by atoms with Crippen LogP contribution in [-0.2, 0) is 19.2 Å². The number of H-pyrrole nitrogens is 1. The Bertz CT molecular complexity index is 1670. The fourth-order valence-corrected chi connectivity index (χ4v) is 8.86. The lowest BCUT2D eigenvalue weighted by atomic mass is 9.68. The van der Waals surface area contributed by atoms with E-state index in [1.165, 1.54) is 0 Å². The summed E-state index contributed by atoms with van der Waals surface area (Å²) in [6.07, 6.45) is 3.82. The summed E-state index contributed by atoms with van der Waals surface area (Å²) in [7, 11) is 0. The molecule has 0 aliphatic heterocycles. The second-order valence-corrected chi connectivity index (χ2v) is 13.8. The summed E-state index contributed by atoms with van der Waals surface area (Å²) >= 11 is 0. The summed E-state index contributed by atoms with van der Waals surface area (Å²) in [5.74, 6) is 0.826. The molecule has 0 radical (unpaired) electrons. The lowest BCUT2D eigenvalue weighted by molar-refractivity contribution is -0.141. The Hall–Kier alpha value is -3.81. The van der Waals surface area contributed by atoms with Gasteiger partial charge in [-0.3, -0.25) is 19.2 Å². The molecule has 0 spiro atoms. The van der Waals surface area contributed by atoms with Crippen molar-refractivity contribution in [3.63, 3.8) is 0 Å². The lowest BCUT2D eigenvalue weighted by Crippen LogP contribution is -2.46. The van der Waals surface area contributed by atoms with Crippen LogP contribution in [0.4, 0.5) is 11.4 Å². The van der Waals surface area contributed by atoms with Crippen molar-refractivity contribution >= 4 is 45.8 Å². The molecule has 8 heteroatoms. The van der Waals surface area contributed by atoms with Gasteiger partial charge in [-0.25, -0.2) is 4.98 Å². The molecular weight excluding hydrogens is 516 g/mol. The third-order valence-electron chi connectivity index (χ3n) is 11.7. The smallest absolute Gasteiger partial charge is 0.238 e. The predicted octanol–water partition coefficient (Wildman–Crippen LogP) is 5.90. The van der Waals surface area contributed by atoms with Crippen LogP contribution in [0.25, 0.3) is 22.4 Å². The molecule has 41 heavy (non-hydrogen) atoms. The number of hydrogen-bond acceptors (Lipinski definition) is 5. The van der Waals surface area contributed by atoms with E-state index in [-0.39, 0.29) is 46.0 Å². The Balaban J connectivity index is 1.12. The number of hydrogen-bond donors (Lipinski definition) is 3. The number of nitrogens with zero attached hydrogens (tertiary/aromatic N) is 1. The highest BCUT2D eigenvalue weighted by molar-refractivity contribution is 6.14. The molecule has 4 fully saturated rings. The van der Waals surface area contributed by atoms with E-state index in [4.69, 9.17) is 4.98 Å². The van der Waals surface area contributed by atoms with Gasteiger partial charge >= 0.3 is 0 Å². The number of imidazole rings is 1. The highest BCUT2D eigenvalue weighted by atomic mass is 16.2. The van der Waals surface area contributed by atoms with Crippen molar-refractivity contribution in [1.82, 2.24) is 9.97 Å². The van der Waals surface area contributed by atoms with Crippen molar-refractivity contribution in [2.45, 2.75) is 66.2 Å². The van der Waals surface area contributed by atoms with Gasteiger partial charge in [0, 0.05) is 35.7 Å². The quantitative estimate of drug-likeness (QED) is 0.341. The summed E-state index contributed by atoms with van der Waals surface area (Å²) in [6, 6.07) is 13.0. The molecule has 4 atom stereocenters. The Morgan fingerprint density at radius 2 is 1.66 bits per heavy atom. The van der Waals surface area contributed by atoms with Crippen LogP contribution in [-0.4, -0.2) is 33.3 Å². The Morgan fingerprint density at radius 1 is 0.902 bits per heavy atom. The number of Topliss-reactive ketones (excluding diaryl/α,β-unsaturated/α-hetero) is 2. The Kier molecular flexibility index (Phi) is 5.33. The maximum Gasteiger partial charge on any atom is 0.238 e. The molecule has 4 aliphatic carbocycles. The maximum atomic E-state index is 13.5. The molecule has 3 N–H and O–H groups in total. The van der Waals surface area contributed by atoms with E-state index in [1.807, 2.05) is 70.2 Å². The van der Waals surface area contributed by atoms with Crippen LogP contribution in [0.2, 0.25) is 0 Å². The van der Waals surface area contributed by atoms with Gasteiger partial charge in [0.2, 0.25) is 11.8 Å². The summed E-state index contributed by atoms with van der Waals surface area (Å²) in [5.41, 5.74) is 1.27. The number of aromatic amines is 1. The van der Waals surface area contributed by atoms with Crippen molar-refractivity contribution in [2.24, 2.45) is 33.5 Å². The van der Waals surface area contributed by atoms with Crippen LogP contribution in [0.15, 0.2) is 42.5 Å². The summed E-state index contributed by atoms with van der Waals surface area (Å²) in [4.78, 5) is 60.6. The number of carbonyl (C=O) groups excluding carboxylic acids is 4. The molecule has 2 amide bonds. The van der Waals surface area contributed by atoms with Gasteiger partial charge in [0.15, 0.2) is 0 Å². The first-order chi connectivity index (χ1) is 19.4. The first-order valence-electron chi connectivity index (χ1n) is 14.7. The summed E-state index contributed by atoms with van der Waals surface area (Å²) in [5, 5.41) is 6.12. The van der Waals surface area contributed by atoms with E-state index in [1.54, 1.807) is 0 Å². The first kappa shape index (κ1) is 26.1. The molecule has 0 saturated heterocycles. The zero-order valence-electron chi connectivity index (χ0n) is 24.0. The van der Waals surface area contributed by atoms with E-state index in [0.717, 1.165) is 35.9 Å². The van der Waals surface area contributed by atoms with Crippen LogP contribution in [0, 0.1) is 33.5 Å². The minimum Gasteiger partial charge on any atom is -0.338 e. The average Bonchev–Trinajstić information content (AvgIpc) is 3.64. The number of nitrogens with one attached hydrogen (secondary N) is 3. The van der Waals surface area contributed by atoms with Gasteiger partial charge in [0.1, 0.15) is 22.8 Å². The van der Waals surface area contributed by atoms with Crippen molar-refractivity contribution < 1.29 is 19.2 Å². The van der Waals surface area contributed by atoms with Crippen LogP contribution < -0.4 is 10.6 Å². The molecular formula is C33H36N4O4. The third kappa shape index (κ3) is 3.36. The molecule has 3 aromatic rings. The van der Waals surface area contributed by atoms with Gasteiger partial charge < -0.3 is 15.6 Å². The number of anilines is 2. The van der Waals surface area contributed by atoms with E-state index >= 15 is 0 Å². The van der Waals surface area contributed by atoms with Crippen molar-refractivity contribution in [2.75, 3.05) is 10.6 Å². The number of ketones is 2. The van der Waals surface area contributed by atoms with Gasteiger partial charge in [0.05, 0.1) is 16.4 Å². The largest absolute Gasteiger partial charge is 0.338 e. The van der Waals surface area contributed by atoms with E-state index < -0.39 is 10.8 Å². The van der Waals surface area contributed by atoms with E-state index in [0.29, 0.717) is 36.5 Å². The average molecular weight is 553 g/mol. The zero-order chi connectivity index (χ0) is 28.9. The zero-order valence-corrected chi connectivity index (χ0v) is 24.0. The normalized spacial score (nSPS) is 30.7. The van der Waals surface area contributed by atoms with Gasteiger partial charge in [-0.05, 0) is 72.8 Å². The van der Waals surface area contributed by atoms with Crippen LogP contribution in [0.5, 0.6) is 0 Å². The summed E-state index contributed by atoms with van der Waals surface area (Å²) in [6.45, 7) is 8.20. The molecule has 4 saturated carbocycles. The van der Waals surface area contributed by atoms with Crippen LogP contribution >= 0.6 is 0 Å². The number of benzene rings is 2. The molecule has 2 aromatic carbocycles. The topological polar surface area (TPSA) is 121 Å². The summed E-state index contributed by atoms with van der Waals surface area (Å²) < 4.78 is 0. The van der Waals surface area contributed by atoms with E-state index in [9.17, 15) is 19.2 Å². The van der Waals surface area contributed by atoms with Crippen LogP contribution in [0.3, 0.4) is 0 Å². The minimum absolute atomic E-state index is 0.0373. The molecule has 4 aliphatic rings. The second kappa shape index (κ2) is 8.37. The van der Waals surface area contributed by atoms with Gasteiger partial charge in [-0.2, -0.15) is 0 Å². The van der Waals surface area contributed by atoms with Crippen molar-refractivity contribution in [3.8, 4) is 11.4 Å². The molecule has 4 unspecified atom stereocenters. The first-order valence-corrected chi connectivity index (χ1v) is 14.7. The molecule has 4 bridgehead atoms. The van der Waals surface area contributed by atoms with Gasteiger partial charge in [-0.15, -0.1) is 0 Å². The number of aromatic nitrogens is 2. The maximum absolute atomic E-state index is 13.5. The second-order valence-electron chi connectivity index (χ2n) is 13.8. The van der Waals surface area contributed by atoms with Crippen molar-refractivity contribution in [1.29, 1.82) is 0 Å². The van der Waals surface area contributed by atoms with Crippen molar-refractivity contribution in [3.05, 3.63) is 42.5 Å². The third-order valence-corrected chi connectivity index (χ3v) is 11.7. The monoisotopic (exact) mass is 552 g/mol. The SMILES string of the molecule is CC1(C)C2CCC1(C(=O)Nc1cccc(-c3nc4ccc(NC(=O)C56CCC(CC5=O)C6(C)C)cc4[nH]3)c1)CC2=O. The van der Waals surface area contributed by atoms with Gasteiger partial charge in [-0.1, -0.05) is 39.8 Å². The molecule has 212 valence electrons. The fourth-order valence-electron chi connectivity index (χ4n) is 8.86. The lowest BCUT2D eigenvalue weighted by Gasteiger charge is -2.35. The molecule has 1 aromatic heterocycles. The number of amides is 2. The highest BCUT2D eigenvalue weighted by Crippen LogP contribution is 2.65. The number of fused-ring (bicyclic) bond motifs is 5. The predicted molar refractivity (Wildman–Crippen MR) is 156 cm³/mol. The fraction of sp³-hybridized carbons (Fsp3) is 0.485. The Labute approximate surface area is 239 Å². The molecule has 8 nitrogen and oxygen atoms in total. The standard InChI is InChI=1S/C33H36N4O4/c1-30(2)19-10-13-33(30,26(39)15-19)29(41)35-21-8-9-23-24(16-21)37-27(36-23)18-6-5-7-20(14-18)34-28(40)32-12-11-22(25(38)17-32)31(32,3)4/h5-9,14,16,19,22H,10-13,15,17H2,1-4H3,(H,34,40)(H,35,41)(H,36,37). The van der Waals surface area contributed by atoms with Crippen LogP contribution in [0.1, 0.15) is 66.2 Å². The minimum atomic E-state index is -0.962. The number of carbonyl (C=O) groups is 4.